The molecule has 3 nitrogen and oxygen atoms in total. The van der Waals surface area contributed by atoms with Crippen LogP contribution in [0.3, 0.4) is 0 Å². The van der Waals surface area contributed by atoms with Crippen LogP contribution in [0.15, 0.2) is 5.38 Å². The Morgan fingerprint density at radius 1 is 1.64 bits per heavy atom. The monoisotopic (exact) mass is 229 g/mol. The smallest absolute Gasteiger partial charge is 0.180 e. The van der Waals surface area contributed by atoms with Crippen LogP contribution in [0.2, 0.25) is 0 Å². The van der Waals surface area contributed by atoms with E-state index in [-0.39, 0.29) is 0 Å². The Morgan fingerprint density at radius 2 is 2.57 bits per heavy atom. The van der Waals surface area contributed by atoms with Gasteiger partial charge in [0.15, 0.2) is 5.13 Å². The Morgan fingerprint density at radius 3 is 3.21 bits per heavy atom. The third-order valence-electron chi connectivity index (χ3n) is 2.30. The standard InChI is InChI=1S/C9H15N3S2/c10-9-12-8(6-14-9)4-11-7-2-1-3-13-5-7/h6-7,11H,1-5H2,(H2,10,12)/t7-/m1/s1. The summed E-state index contributed by atoms with van der Waals surface area (Å²) in [6, 6.07) is 0.664. The lowest BCUT2D eigenvalue weighted by atomic mass is 10.2. The number of nitrogens with zero attached hydrogens (tertiary/aromatic N) is 1. The zero-order valence-electron chi connectivity index (χ0n) is 8.03. The van der Waals surface area contributed by atoms with Crippen molar-refractivity contribution in [3.8, 4) is 0 Å². The Hall–Kier alpha value is -0.260. The van der Waals surface area contributed by atoms with Crippen LogP contribution in [-0.2, 0) is 6.54 Å². The van der Waals surface area contributed by atoms with Gasteiger partial charge in [0.1, 0.15) is 0 Å². The first kappa shape index (κ1) is 10.3. The van der Waals surface area contributed by atoms with E-state index in [9.17, 15) is 0 Å². The lowest BCUT2D eigenvalue weighted by Gasteiger charge is -2.21. The number of hydrogen-bond acceptors (Lipinski definition) is 5. The lowest BCUT2D eigenvalue weighted by molar-refractivity contribution is 0.504. The van der Waals surface area contributed by atoms with Gasteiger partial charge in [0.25, 0.3) is 0 Å². The Labute approximate surface area is 92.5 Å². The molecule has 2 rings (SSSR count). The molecule has 0 aliphatic carbocycles. The predicted octanol–water partition coefficient (Wildman–Crippen LogP) is 1.71. The largest absolute Gasteiger partial charge is 0.375 e. The van der Waals surface area contributed by atoms with Gasteiger partial charge in [-0.2, -0.15) is 11.8 Å². The number of nitrogens with two attached hydrogens (primary N) is 1. The molecule has 5 heteroatoms. The number of aromatic nitrogens is 1. The maximum atomic E-state index is 5.56. The van der Waals surface area contributed by atoms with Gasteiger partial charge in [-0.05, 0) is 18.6 Å². The van der Waals surface area contributed by atoms with Gasteiger partial charge in [-0.1, -0.05) is 0 Å². The van der Waals surface area contributed by atoms with Gasteiger partial charge in [0, 0.05) is 23.7 Å². The van der Waals surface area contributed by atoms with E-state index in [1.165, 1.54) is 35.7 Å². The van der Waals surface area contributed by atoms with Gasteiger partial charge in [-0.25, -0.2) is 4.98 Å². The number of anilines is 1. The average Bonchev–Trinajstić information content (AvgIpc) is 2.63. The van der Waals surface area contributed by atoms with Crippen LogP contribution in [0, 0.1) is 0 Å². The summed E-state index contributed by atoms with van der Waals surface area (Å²) in [6.07, 6.45) is 2.63. The number of nitrogen functional groups attached to an aromatic ring is 1. The second-order valence-corrected chi connectivity index (χ2v) is 5.51. The van der Waals surface area contributed by atoms with E-state index < -0.39 is 0 Å². The molecular weight excluding hydrogens is 214 g/mol. The molecule has 1 aliphatic rings. The average molecular weight is 229 g/mol. The molecule has 1 aromatic heterocycles. The number of rotatable bonds is 3. The van der Waals surface area contributed by atoms with Gasteiger partial charge in [-0.15, -0.1) is 11.3 Å². The van der Waals surface area contributed by atoms with Crippen LogP contribution in [0.25, 0.3) is 0 Å². The van der Waals surface area contributed by atoms with Crippen LogP contribution < -0.4 is 11.1 Å². The van der Waals surface area contributed by atoms with Crippen molar-refractivity contribution in [3.63, 3.8) is 0 Å². The zero-order valence-corrected chi connectivity index (χ0v) is 9.66. The van der Waals surface area contributed by atoms with Gasteiger partial charge < -0.3 is 11.1 Å². The van der Waals surface area contributed by atoms with Crippen molar-refractivity contribution in [2.45, 2.75) is 25.4 Å². The summed E-state index contributed by atoms with van der Waals surface area (Å²) in [6.45, 7) is 0.860. The highest BCUT2D eigenvalue weighted by molar-refractivity contribution is 7.99. The van der Waals surface area contributed by atoms with E-state index >= 15 is 0 Å². The second-order valence-electron chi connectivity index (χ2n) is 3.47. The molecule has 3 N–H and O–H groups in total. The Balaban J connectivity index is 1.76. The maximum absolute atomic E-state index is 5.56. The molecule has 1 fully saturated rings. The van der Waals surface area contributed by atoms with Gasteiger partial charge in [-0.3, -0.25) is 0 Å². The van der Waals surface area contributed by atoms with E-state index in [0.717, 1.165) is 12.2 Å². The normalized spacial score (nSPS) is 22.4. The van der Waals surface area contributed by atoms with Crippen molar-refractivity contribution in [3.05, 3.63) is 11.1 Å². The lowest BCUT2D eigenvalue weighted by Crippen LogP contribution is -2.33. The summed E-state index contributed by atoms with van der Waals surface area (Å²) in [7, 11) is 0. The molecule has 14 heavy (non-hydrogen) atoms. The molecule has 1 saturated heterocycles. The molecule has 2 heterocycles. The van der Waals surface area contributed by atoms with Gasteiger partial charge in [0.05, 0.1) is 5.69 Å². The van der Waals surface area contributed by atoms with Crippen molar-refractivity contribution < 1.29 is 0 Å². The predicted molar refractivity (Wildman–Crippen MR) is 63.7 cm³/mol. The molecule has 0 unspecified atom stereocenters. The van der Waals surface area contributed by atoms with Gasteiger partial charge >= 0.3 is 0 Å². The fraction of sp³-hybridized carbons (Fsp3) is 0.667. The van der Waals surface area contributed by atoms with E-state index in [1.54, 1.807) is 0 Å². The van der Waals surface area contributed by atoms with Crippen LogP contribution in [-0.4, -0.2) is 22.5 Å². The molecule has 1 aromatic rings. The first-order valence-corrected chi connectivity index (χ1v) is 6.89. The van der Waals surface area contributed by atoms with Crippen LogP contribution in [0.1, 0.15) is 18.5 Å². The van der Waals surface area contributed by atoms with Crippen molar-refractivity contribution in [1.29, 1.82) is 0 Å². The first-order chi connectivity index (χ1) is 6.84. The summed E-state index contributed by atoms with van der Waals surface area (Å²) in [4.78, 5) is 4.22. The van der Waals surface area contributed by atoms with E-state index in [1.807, 2.05) is 17.1 Å². The summed E-state index contributed by atoms with van der Waals surface area (Å²) >= 11 is 3.55. The molecule has 0 bridgehead atoms. The Bertz CT molecular complexity index is 281. The summed E-state index contributed by atoms with van der Waals surface area (Å²) < 4.78 is 0. The van der Waals surface area contributed by atoms with Crippen LogP contribution >= 0.6 is 23.1 Å². The molecule has 0 saturated carbocycles. The highest BCUT2D eigenvalue weighted by Crippen LogP contribution is 2.17. The molecule has 0 amide bonds. The number of nitrogens with one attached hydrogen (secondary N) is 1. The quantitative estimate of drug-likeness (QED) is 0.828. The third-order valence-corrected chi connectivity index (χ3v) is 4.24. The third kappa shape index (κ3) is 2.87. The van der Waals surface area contributed by atoms with Gasteiger partial charge in [0.2, 0.25) is 0 Å². The summed E-state index contributed by atoms with van der Waals surface area (Å²) in [5.74, 6) is 2.56. The zero-order chi connectivity index (χ0) is 9.80. The first-order valence-electron chi connectivity index (χ1n) is 4.85. The van der Waals surface area contributed by atoms with Crippen molar-refractivity contribution >= 4 is 28.2 Å². The highest BCUT2D eigenvalue weighted by atomic mass is 32.2. The second kappa shape index (κ2) is 5.00. The molecule has 1 atom stereocenters. The SMILES string of the molecule is Nc1nc(CN[C@@H]2CCCSC2)cs1. The fourth-order valence-corrected chi connectivity index (χ4v) is 3.22. The molecular formula is C9H15N3S2. The van der Waals surface area contributed by atoms with Crippen LogP contribution in [0.4, 0.5) is 5.13 Å². The molecule has 78 valence electrons. The van der Waals surface area contributed by atoms with Crippen molar-refractivity contribution in [1.82, 2.24) is 10.3 Å². The highest BCUT2D eigenvalue weighted by Gasteiger charge is 2.13. The molecule has 0 radical (unpaired) electrons. The molecule has 0 spiro atoms. The summed E-state index contributed by atoms with van der Waals surface area (Å²) in [5, 5.41) is 6.21. The van der Waals surface area contributed by atoms with Crippen molar-refractivity contribution in [2.24, 2.45) is 0 Å². The number of thiazole rings is 1. The van der Waals surface area contributed by atoms with E-state index in [0.29, 0.717) is 11.2 Å². The van der Waals surface area contributed by atoms with Crippen LogP contribution in [0.5, 0.6) is 0 Å². The molecule has 0 aromatic carbocycles. The minimum atomic E-state index is 0.664. The molecule has 1 aliphatic heterocycles. The Kier molecular flexibility index (Phi) is 3.67. The minimum Gasteiger partial charge on any atom is -0.375 e. The summed E-state index contributed by atoms with van der Waals surface area (Å²) in [5.41, 5.74) is 6.64. The van der Waals surface area contributed by atoms with E-state index in [4.69, 9.17) is 5.73 Å². The van der Waals surface area contributed by atoms with E-state index in [2.05, 4.69) is 10.3 Å². The minimum absolute atomic E-state index is 0.664. The number of thioether (sulfide) groups is 1. The fourth-order valence-electron chi connectivity index (χ4n) is 1.55. The topological polar surface area (TPSA) is 50.9 Å². The number of hydrogen-bond donors (Lipinski definition) is 2. The maximum Gasteiger partial charge on any atom is 0.180 e. The van der Waals surface area contributed by atoms with Crippen molar-refractivity contribution in [2.75, 3.05) is 17.2 Å².